The maximum atomic E-state index is 12.0. The summed E-state index contributed by atoms with van der Waals surface area (Å²) >= 11 is 0. The fraction of sp³-hybridized carbons (Fsp3) is 0.643. The van der Waals surface area contributed by atoms with E-state index in [4.69, 9.17) is 9.52 Å². The van der Waals surface area contributed by atoms with E-state index in [9.17, 15) is 9.59 Å². The first-order valence-corrected chi connectivity index (χ1v) is 6.79. The molecule has 0 aliphatic rings. The summed E-state index contributed by atoms with van der Waals surface area (Å²) in [5, 5.41) is 11.6. The molecule has 20 heavy (non-hydrogen) atoms. The summed E-state index contributed by atoms with van der Waals surface area (Å²) in [4.78, 5) is 26.7. The van der Waals surface area contributed by atoms with Gasteiger partial charge < -0.3 is 14.8 Å². The minimum atomic E-state index is -0.783. The number of aryl methyl sites for hydroxylation is 2. The molecular weight excluding hydrogens is 260 g/mol. The van der Waals surface area contributed by atoms with Crippen LogP contribution in [0.3, 0.4) is 0 Å². The lowest BCUT2D eigenvalue weighted by Gasteiger charge is -2.13. The van der Waals surface area contributed by atoms with Crippen molar-refractivity contribution < 1.29 is 19.1 Å². The van der Waals surface area contributed by atoms with Crippen LogP contribution >= 0.6 is 0 Å². The molecule has 2 atom stereocenters. The maximum absolute atomic E-state index is 12.0. The summed E-state index contributed by atoms with van der Waals surface area (Å²) in [6, 6.07) is -0.0340. The van der Waals surface area contributed by atoms with Gasteiger partial charge in [0.1, 0.15) is 0 Å². The summed E-state index contributed by atoms with van der Waals surface area (Å²) < 4.78 is 5.25. The van der Waals surface area contributed by atoms with Crippen LogP contribution in [-0.2, 0) is 4.79 Å². The van der Waals surface area contributed by atoms with Crippen molar-refractivity contribution >= 4 is 11.9 Å². The van der Waals surface area contributed by atoms with Gasteiger partial charge >= 0.3 is 5.97 Å². The monoisotopic (exact) mass is 282 g/mol. The standard InChI is InChI=1S/C14H22N2O4/c1-8(14(18)19)6-5-7-9(2)15-13(17)12-10(3)16-11(4)20-12/h8-9H,5-7H2,1-4H3,(H,15,17)(H,18,19). The predicted molar refractivity (Wildman–Crippen MR) is 73.6 cm³/mol. The second kappa shape index (κ2) is 7.07. The second-order valence-electron chi connectivity index (χ2n) is 5.19. The highest BCUT2D eigenvalue weighted by atomic mass is 16.4. The van der Waals surface area contributed by atoms with Gasteiger partial charge in [0.15, 0.2) is 5.89 Å². The summed E-state index contributed by atoms with van der Waals surface area (Å²) in [5.74, 6) is -0.697. The fourth-order valence-corrected chi connectivity index (χ4v) is 1.96. The van der Waals surface area contributed by atoms with Crippen molar-refractivity contribution in [3.63, 3.8) is 0 Å². The van der Waals surface area contributed by atoms with E-state index in [1.54, 1.807) is 20.8 Å². The molecule has 0 aromatic carbocycles. The molecule has 0 fully saturated rings. The number of carboxylic acid groups (broad SMARTS) is 1. The van der Waals surface area contributed by atoms with Crippen molar-refractivity contribution in [1.82, 2.24) is 10.3 Å². The number of rotatable bonds is 7. The Morgan fingerprint density at radius 3 is 2.45 bits per heavy atom. The predicted octanol–water partition coefficient (Wildman–Crippen LogP) is 2.30. The van der Waals surface area contributed by atoms with Gasteiger partial charge in [-0.25, -0.2) is 4.98 Å². The van der Waals surface area contributed by atoms with Crippen molar-refractivity contribution in [2.75, 3.05) is 0 Å². The van der Waals surface area contributed by atoms with Crippen LogP contribution < -0.4 is 5.32 Å². The Hall–Kier alpha value is -1.85. The number of nitrogens with zero attached hydrogens (tertiary/aromatic N) is 1. The lowest BCUT2D eigenvalue weighted by molar-refractivity contribution is -0.141. The van der Waals surface area contributed by atoms with Gasteiger partial charge in [-0.1, -0.05) is 13.3 Å². The Balaban J connectivity index is 2.39. The van der Waals surface area contributed by atoms with Crippen LogP contribution in [0, 0.1) is 19.8 Å². The largest absolute Gasteiger partial charge is 0.481 e. The highest BCUT2D eigenvalue weighted by Crippen LogP contribution is 2.12. The first kappa shape index (κ1) is 16.2. The quantitative estimate of drug-likeness (QED) is 0.800. The van der Waals surface area contributed by atoms with E-state index in [-0.39, 0.29) is 23.6 Å². The maximum Gasteiger partial charge on any atom is 0.306 e. The zero-order chi connectivity index (χ0) is 15.3. The minimum Gasteiger partial charge on any atom is -0.481 e. The molecule has 0 spiro atoms. The van der Waals surface area contributed by atoms with E-state index >= 15 is 0 Å². The molecule has 6 heteroatoms. The average Bonchev–Trinajstić information content (AvgIpc) is 2.68. The van der Waals surface area contributed by atoms with Gasteiger partial charge in [-0.2, -0.15) is 0 Å². The zero-order valence-electron chi connectivity index (χ0n) is 12.4. The number of hydrogen-bond acceptors (Lipinski definition) is 4. The molecule has 1 rings (SSSR count). The van der Waals surface area contributed by atoms with Crippen LogP contribution in [0.15, 0.2) is 4.42 Å². The van der Waals surface area contributed by atoms with E-state index in [2.05, 4.69) is 10.3 Å². The molecule has 0 aliphatic heterocycles. The lowest BCUT2D eigenvalue weighted by Crippen LogP contribution is -2.32. The van der Waals surface area contributed by atoms with Crippen LogP contribution in [0.5, 0.6) is 0 Å². The molecule has 0 aliphatic carbocycles. The van der Waals surface area contributed by atoms with Crippen LogP contribution in [0.4, 0.5) is 0 Å². The molecule has 112 valence electrons. The normalized spacial score (nSPS) is 13.8. The Kier molecular flexibility index (Phi) is 5.73. The summed E-state index contributed by atoms with van der Waals surface area (Å²) in [6.45, 7) is 7.00. The molecule has 6 nitrogen and oxygen atoms in total. The van der Waals surface area contributed by atoms with Crippen molar-refractivity contribution in [1.29, 1.82) is 0 Å². The van der Waals surface area contributed by atoms with Crippen molar-refractivity contribution in [3.05, 3.63) is 17.3 Å². The second-order valence-corrected chi connectivity index (χ2v) is 5.19. The number of carbonyl (C=O) groups excluding carboxylic acids is 1. The lowest BCUT2D eigenvalue weighted by atomic mass is 10.0. The molecule has 2 N–H and O–H groups in total. The van der Waals surface area contributed by atoms with E-state index < -0.39 is 5.97 Å². The molecule has 1 aromatic heterocycles. The molecule has 0 saturated carbocycles. The van der Waals surface area contributed by atoms with Crippen LogP contribution in [-0.4, -0.2) is 28.0 Å². The number of carboxylic acids is 1. The van der Waals surface area contributed by atoms with Crippen LogP contribution in [0.25, 0.3) is 0 Å². The topological polar surface area (TPSA) is 92.4 Å². The first-order valence-electron chi connectivity index (χ1n) is 6.79. The van der Waals surface area contributed by atoms with E-state index in [1.165, 1.54) is 0 Å². The van der Waals surface area contributed by atoms with Gasteiger partial charge in [0.2, 0.25) is 5.76 Å². The van der Waals surface area contributed by atoms with Crippen molar-refractivity contribution in [3.8, 4) is 0 Å². The molecule has 2 unspecified atom stereocenters. The van der Waals surface area contributed by atoms with Crippen LogP contribution in [0.2, 0.25) is 0 Å². The van der Waals surface area contributed by atoms with Gasteiger partial charge in [0, 0.05) is 13.0 Å². The number of oxazole rings is 1. The number of aliphatic carboxylic acids is 1. The fourth-order valence-electron chi connectivity index (χ4n) is 1.96. The van der Waals surface area contributed by atoms with Gasteiger partial charge in [-0.05, 0) is 26.7 Å². The molecule has 1 amide bonds. The smallest absolute Gasteiger partial charge is 0.306 e. The zero-order valence-corrected chi connectivity index (χ0v) is 12.4. The molecule has 1 heterocycles. The van der Waals surface area contributed by atoms with E-state index in [1.807, 2.05) is 6.92 Å². The highest BCUT2D eigenvalue weighted by Gasteiger charge is 2.18. The molecule has 0 saturated heterocycles. The number of aromatic nitrogens is 1. The van der Waals surface area contributed by atoms with E-state index in [0.717, 1.165) is 12.8 Å². The number of carbonyl (C=O) groups is 2. The molecule has 0 bridgehead atoms. The van der Waals surface area contributed by atoms with Gasteiger partial charge in [0.25, 0.3) is 5.91 Å². The third-order valence-corrected chi connectivity index (χ3v) is 3.18. The number of amides is 1. The molecular formula is C14H22N2O4. The van der Waals surface area contributed by atoms with E-state index in [0.29, 0.717) is 18.0 Å². The van der Waals surface area contributed by atoms with Crippen molar-refractivity contribution in [2.24, 2.45) is 5.92 Å². The summed E-state index contributed by atoms with van der Waals surface area (Å²) in [7, 11) is 0. The Morgan fingerprint density at radius 1 is 1.30 bits per heavy atom. The number of hydrogen-bond donors (Lipinski definition) is 2. The minimum absolute atomic E-state index is 0.0340. The first-order chi connectivity index (χ1) is 9.31. The van der Waals surface area contributed by atoms with Gasteiger partial charge in [-0.15, -0.1) is 0 Å². The molecule has 1 aromatic rings. The Bertz CT molecular complexity index is 482. The average molecular weight is 282 g/mol. The SMILES string of the molecule is Cc1nc(C)c(C(=O)NC(C)CCCC(C)C(=O)O)o1. The van der Waals surface area contributed by atoms with Gasteiger partial charge in [0.05, 0.1) is 11.6 Å². The molecule has 0 radical (unpaired) electrons. The third kappa shape index (κ3) is 4.68. The summed E-state index contributed by atoms with van der Waals surface area (Å²) in [5.41, 5.74) is 0.576. The Labute approximate surface area is 118 Å². The number of nitrogens with one attached hydrogen (secondary N) is 1. The van der Waals surface area contributed by atoms with Crippen LogP contribution in [0.1, 0.15) is 55.2 Å². The highest BCUT2D eigenvalue weighted by molar-refractivity contribution is 5.92. The van der Waals surface area contributed by atoms with Crippen molar-refractivity contribution in [2.45, 2.75) is 53.0 Å². The van der Waals surface area contributed by atoms with Gasteiger partial charge in [-0.3, -0.25) is 9.59 Å². The Morgan fingerprint density at radius 2 is 1.95 bits per heavy atom. The summed E-state index contributed by atoms with van der Waals surface area (Å²) in [6.07, 6.45) is 2.09. The third-order valence-electron chi connectivity index (χ3n) is 3.18.